The summed E-state index contributed by atoms with van der Waals surface area (Å²) in [6.45, 7) is 0.0627. The molecule has 0 N–H and O–H groups in total. The average Bonchev–Trinajstić information content (AvgIpc) is 3.52. The Kier molecular flexibility index (Phi) is 7.37. The predicted octanol–water partition coefficient (Wildman–Crippen LogP) is 7.45. The highest BCUT2D eigenvalue weighted by Gasteiger charge is 2.36. The standard InChI is InChI=1S/C30H19BrClNO7S/c1-37-25-10-16(9-21(31)27(25)40-29(35)20-8-4-6-17-5-2-3-7-19(17)20)11-26-28(34)33(30(36)41-26)14-18-12-23-24(13-22(18)32)39-15-38-23/h2-13H,14-15H2,1H3/b26-11-. The number of rotatable bonds is 6. The Morgan fingerprint density at radius 2 is 1.83 bits per heavy atom. The van der Waals surface area contributed by atoms with Gasteiger partial charge in [0.1, 0.15) is 0 Å². The second kappa shape index (κ2) is 11.1. The summed E-state index contributed by atoms with van der Waals surface area (Å²) in [7, 11) is 1.45. The van der Waals surface area contributed by atoms with Crippen LogP contribution in [0.3, 0.4) is 0 Å². The van der Waals surface area contributed by atoms with Crippen LogP contribution >= 0.6 is 39.3 Å². The highest BCUT2D eigenvalue weighted by atomic mass is 79.9. The van der Waals surface area contributed by atoms with Crippen molar-refractivity contribution in [1.29, 1.82) is 0 Å². The molecule has 1 saturated heterocycles. The minimum atomic E-state index is -0.545. The summed E-state index contributed by atoms with van der Waals surface area (Å²) < 4.78 is 22.4. The van der Waals surface area contributed by atoms with Crippen LogP contribution in [0, 0.1) is 0 Å². The number of hydrogen-bond donors (Lipinski definition) is 0. The Hall–Kier alpha value is -3.99. The summed E-state index contributed by atoms with van der Waals surface area (Å²) in [5.74, 6) is 0.467. The second-order valence-corrected chi connectivity index (χ2v) is 11.3. The van der Waals surface area contributed by atoms with Crippen LogP contribution in [0.5, 0.6) is 23.0 Å². The molecule has 6 rings (SSSR count). The second-order valence-electron chi connectivity index (χ2n) is 9.02. The van der Waals surface area contributed by atoms with Crippen molar-refractivity contribution in [2.75, 3.05) is 13.9 Å². The maximum atomic E-state index is 13.2. The molecule has 4 aromatic rings. The van der Waals surface area contributed by atoms with Crippen molar-refractivity contribution in [2.24, 2.45) is 0 Å². The number of ether oxygens (including phenoxy) is 4. The SMILES string of the molecule is COc1cc(/C=C2\SC(=O)N(Cc3cc4c(cc3Cl)OCO4)C2=O)cc(Br)c1OC(=O)c1cccc2ccccc12. The van der Waals surface area contributed by atoms with Crippen LogP contribution in [0.25, 0.3) is 16.8 Å². The van der Waals surface area contributed by atoms with Crippen molar-refractivity contribution in [3.8, 4) is 23.0 Å². The Morgan fingerprint density at radius 1 is 1.07 bits per heavy atom. The smallest absolute Gasteiger partial charge is 0.344 e. The van der Waals surface area contributed by atoms with Crippen LogP contribution in [0.1, 0.15) is 21.5 Å². The van der Waals surface area contributed by atoms with Gasteiger partial charge in [0.05, 0.1) is 28.6 Å². The van der Waals surface area contributed by atoms with Crippen LogP contribution in [-0.4, -0.2) is 35.9 Å². The van der Waals surface area contributed by atoms with Crippen LogP contribution in [0.15, 0.2) is 76.1 Å². The fraction of sp³-hybridized carbons (Fsp3) is 0.100. The number of carbonyl (C=O) groups is 3. The van der Waals surface area contributed by atoms with Gasteiger partial charge in [-0.3, -0.25) is 14.5 Å². The van der Waals surface area contributed by atoms with Gasteiger partial charge in [-0.25, -0.2) is 4.79 Å². The summed E-state index contributed by atoms with van der Waals surface area (Å²) in [6.07, 6.45) is 1.58. The number of benzene rings is 4. The molecule has 2 heterocycles. The molecule has 1 fully saturated rings. The van der Waals surface area contributed by atoms with Crippen molar-refractivity contribution in [2.45, 2.75) is 6.54 Å². The molecular formula is C30H19BrClNO7S. The van der Waals surface area contributed by atoms with E-state index in [1.807, 2.05) is 30.3 Å². The molecule has 0 unspecified atom stereocenters. The molecule has 4 aromatic carbocycles. The lowest BCUT2D eigenvalue weighted by atomic mass is 10.0. The van der Waals surface area contributed by atoms with E-state index < -0.39 is 17.1 Å². The summed E-state index contributed by atoms with van der Waals surface area (Å²) in [4.78, 5) is 40.4. The van der Waals surface area contributed by atoms with E-state index in [0.717, 1.165) is 27.4 Å². The molecule has 0 saturated carbocycles. The number of amides is 2. The topological polar surface area (TPSA) is 91.4 Å². The minimum Gasteiger partial charge on any atom is -0.493 e. The average molecular weight is 653 g/mol. The lowest BCUT2D eigenvalue weighted by Crippen LogP contribution is -2.27. The first kappa shape index (κ1) is 27.2. The van der Waals surface area contributed by atoms with Crippen molar-refractivity contribution in [3.63, 3.8) is 0 Å². The highest BCUT2D eigenvalue weighted by molar-refractivity contribution is 9.10. The predicted molar refractivity (Wildman–Crippen MR) is 159 cm³/mol. The summed E-state index contributed by atoms with van der Waals surface area (Å²) in [5.41, 5.74) is 1.53. The molecule has 0 radical (unpaired) electrons. The number of fused-ring (bicyclic) bond motifs is 2. The molecule has 2 aliphatic rings. The maximum absolute atomic E-state index is 13.2. The Morgan fingerprint density at radius 3 is 2.63 bits per heavy atom. The van der Waals surface area contributed by atoms with Gasteiger partial charge in [0.2, 0.25) is 6.79 Å². The van der Waals surface area contributed by atoms with Crippen LogP contribution in [0.2, 0.25) is 5.02 Å². The zero-order valence-corrected chi connectivity index (χ0v) is 24.5. The molecule has 0 bridgehead atoms. The summed E-state index contributed by atoms with van der Waals surface area (Å²) in [6, 6.07) is 19.5. The first-order chi connectivity index (χ1) is 19.8. The fourth-order valence-corrected chi connectivity index (χ4v) is 6.10. The van der Waals surface area contributed by atoms with Gasteiger partial charge in [0.25, 0.3) is 11.1 Å². The Balaban J connectivity index is 1.24. The van der Waals surface area contributed by atoms with E-state index in [1.165, 1.54) is 7.11 Å². The monoisotopic (exact) mass is 651 g/mol. The first-order valence-corrected chi connectivity index (χ1v) is 14.2. The van der Waals surface area contributed by atoms with E-state index in [4.69, 9.17) is 30.5 Å². The van der Waals surface area contributed by atoms with Gasteiger partial charge >= 0.3 is 5.97 Å². The van der Waals surface area contributed by atoms with Gasteiger partial charge in [-0.2, -0.15) is 0 Å². The van der Waals surface area contributed by atoms with E-state index in [-0.39, 0.29) is 29.7 Å². The van der Waals surface area contributed by atoms with Crippen LogP contribution in [-0.2, 0) is 11.3 Å². The van der Waals surface area contributed by atoms with Crippen LogP contribution in [0.4, 0.5) is 4.79 Å². The largest absolute Gasteiger partial charge is 0.493 e. The van der Waals surface area contributed by atoms with E-state index >= 15 is 0 Å². The zero-order chi connectivity index (χ0) is 28.7. The lowest BCUT2D eigenvalue weighted by molar-refractivity contribution is -0.123. The molecule has 2 aliphatic heterocycles. The normalized spacial score (nSPS) is 15.2. The molecule has 0 atom stereocenters. The third kappa shape index (κ3) is 5.26. The van der Waals surface area contributed by atoms with E-state index in [2.05, 4.69) is 15.9 Å². The molecular weight excluding hydrogens is 634 g/mol. The zero-order valence-electron chi connectivity index (χ0n) is 21.3. The third-order valence-corrected chi connectivity index (χ3v) is 8.35. The van der Waals surface area contributed by atoms with Crippen molar-refractivity contribution in [1.82, 2.24) is 4.90 Å². The van der Waals surface area contributed by atoms with E-state index in [9.17, 15) is 14.4 Å². The van der Waals surface area contributed by atoms with Gasteiger partial charge in [-0.1, -0.05) is 48.0 Å². The number of methoxy groups -OCH3 is 1. The van der Waals surface area contributed by atoms with Gasteiger partial charge in [0, 0.05) is 11.1 Å². The summed E-state index contributed by atoms with van der Waals surface area (Å²) in [5, 5.41) is 1.61. The summed E-state index contributed by atoms with van der Waals surface area (Å²) >= 11 is 10.6. The lowest BCUT2D eigenvalue weighted by Gasteiger charge is -2.14. The minimum absolute atomic E-state index is 0.0203. The molecule has 0 aromatic heterocycles. The van der Waals surface area contributed by atoms with E-state index in [1.54, 1.807) is 42.5 Å². The highest BCUT2D eigenvalue weighted by Crippen LogP contribution is 2.41. The molecule has 11 heteroatoms. The fourth-order valence-electron chi connectivity index (χ4n) is 4.51. The number of hydrogen-bond acceptors (Lipinski definition) is 8. The molecule has 206 valence electrons. The number of imide groups is 1. The number of thioether (sulfide) groups is 1. The van der Waals surface area contributed by atoms with Gasteiger partial charge in [-0.05, 0) is 79.9 Å². The Labute approximate surface area is 251 Å². The van der Waals surface area contributed by atoms with Gasteiger partial charge in [0.15, 0.2) is 23.0 Å². The third-order valence-electron chi connectivity index (χ3n) is 6.50. The number of nitrogens with zero attached hydrogens (tertiary/aromatic N) is 1. The van der Waals surface area contributed by atoms with Crippen molar-refractivity contribution >= 4 is 73.3 Å². The molecule has 0 aliphatic carbocycles. The van der Waals surface area contributed by atoms with Crippen molar-refractivity contribution < 1.29 is 33.3 Å². The molecule has 41 heavy (non-hydrogen) atoms. The quantitative estimate of drug-likeness (QED) is 0.121. The maximum Gasteiger partial charge on any atom is 0.344 e. The number of carbonyl (C=O) groups excluding carboxylic acids is 3. The van der Waals surface area contributed by atoms with Crippen molar-refractivity contribution in [3.05, 3.63) is 97.8 Å². The number of esters is 1. The molecule has 0 spiro atoms. The first-order valence-electron chi connectivity index (χ1n) is 12.2. The molecule has 2 amide bonds. The van der Waals surface area contributed by atoms with Gasteiger partial charge in [-0.15, -0.1) is 0 Å². The van der Waals surface area contributed by atoms with Gasteiger partial charge < -0.3 is 18.9 Å². The van der Waals surface area contributed by atoms with Crippen LogP contribution < -0.4 is 18.9 Å². The molecule has 8 nitrogen and oxygen atoms in total. The Bertz CT molecular complexity index is 1790. The van der Waals surface area contributed by atoms with E-state index in [0.29, 0.717) is 37.7 Å². The number of halogens is 2.